The van der Waals surface area contributed by atoms with Gasteiger partial charge in [0.25, 0.3) is 0 Å². The number of anilines is 1. The van der Waals surface area contributed by atoms with Gasteiger partial charge in [-0.3, -0.25) is 9.69 Å². The fourth-order valence-electron chi connectivity index (χ4n) is 5.16. The summed E-state index contributed by atoms with van der Waals surface area (Å²) < 4.78 is 5.32. The number of halogens is 1. The number of hydrogen-bond donors (Lipinski definition) is 3. The topological polar surface area (TPSA) is 82.0 Å². The highest BCUT2D eigenvalue weighted by molar-refractivity contribution is 6.30. The van der Waals surface area contributed by atoms with Crippen LogP contribution in [0.4, 0.5) is 5.69 Å². The second-order valence-electron chi connectivity index (χ2n) is 8.61. The number of ether oxygens (including phenoxy) is 1. The van der Waals surface area contributed by atoms with Crippen LogP contribution in [0.1, 0.15) is 43.7 Å². The molecule has 0 radical (unpaired) electrons. The predicted molar refractivity (Wildman–Crippen MR) is 121 cm³/mol. The molecule has 3 N–H and O–H groups in total. The van der Waals surface area contributed by atoms with Crippen LogP contribution >= 0.6 is 11.6 Å². The van der Waals surface area contributed by atoms with Crippen LogP contribution in [0.3, 0.4) is 0 Å². The highest BCUT2D eigenvalue weighted by Gasteiger charge is 2.49. The van der Waals surface area contributed by atoms with E-state index in [1.165, 1.54) is 7.11 Å². The number of phenols is 1. The Morgan fingerprint density at radius 2 is 2.00 bits per heavy atom. The van der Waals surface area contributed by atoms with Crippen molar-refractivity contribution < 1.29 is 19.7 Å². The van der Waals surface area contributed by atoms with Gasteiger partial charge in [-0.2, -0.15) is 0 Å². The van der Waals surface area contributed by atoms with Crippen molar-refractivity contribution >= 4 is 23.2 Å². The standard InChI is InChI=1S/C24H29ClN2O4/c1-31-21-14-16(5-10-20(21)28)23-19-4-2-3-11-24(19,30)12-13-27(23)15-22(29)26-18-8-6-17(25)7-9-18/h5-10,14,19,23,28,30H,2-4,11-13,15H2,1H3,(H,26,29)/t19-,23-,24+/m1/s1. The molecule has 1 amide bonds. The van der Waals surface area contributed by atoms with E-state index in [1.807, 2.05) is 12.1 Å². The number of nitrogens with zero attached hydrogens (tertiary/aromatic N) is 1. The van der Waals surface area contributed by atoms with Crippen LogP contribution in [-0.2, 0) is 4.79 Å². The minimum atomic E-state index is -0.725. The number of hydrogen-bond acceptors (Lipinski definition) is 5. The third-order valence-electron chi connectivity index (χ3n) is 6.69. The zero-order valence-electron chi connectivity index (χ0n) is 17.7. The Bertz CT molecular complexity index is 936. The Balaban J connectivity index is 1.60. The second kappa shape index (κ2) is 9.07. The number of phenolic OH excluding ortho intramolecular Hbond substituents is 1. The molecule has 0 spiro atoms. The van der Waals surface area contributed by atoms with Gasteiger partial charge < -0.3 is 20.3 Å². The third-order valence-corrected chi connectivity index (χ3v) is 6.94. The maximum absolute atomic E-state index is 12.8. The van der Waals surface area contributed by atoms with Gasteiger partial charge in [0.15, 0.2) is 11.5 Å². The van der Waals surface area contributed by atoms with Crippen molar-refractivity contribution in [2.45, 2.75) is 43.7 Å². The van der Waals surface area contributed by atoms with E-state index in [9.17, 15) is 15.0 Å². The lowest BCUT2D eigenvalue weighted by atomic mass is 9.66. The summed E-state index contributed by atoms with van der Waals surface area (Å²) in [5.74, 6) is 0.382. The van der Waals surface area contributed by atoms with Crippen LogP contribution in [-0.4, -0.2) is 46.8 Å². The van der Waals surface area contributed by atoms with Crippen LogP contribution in [0.15, 0.2) is 42.5 Å². The molecule has 2 aromatic carbocycles. The summed E-state index contributed by atoms with van der Waals surface area (Å²) in [6, 6.07) is 12.2. The monoisotopic (exact) mass is 444 g/mol. The van der Waals surface area contributed by atoms with Crippen LogP contribution in [0.5, 0.6) is 11.5 Å². The number of carbonyl (C=O) groups excluding carboxylic acids is 1. The quantitative estimate of drug-likeness (QED) is 0.638. The molecule has 2 aliphatic rings. The van der Waals surface area contributed by atoms with Gasteiger partial charge in [-0.25, -0.2) is 0 Å². The van der Waals surface area contributed by atoms with E-state index in [1.54, 1.807) is 30.3 Å². The molecule has 1 heterocycles. The molecule has 0 aromatic heterocycles. The molecule has 7 heteroatoms. The number of amides is 1. The highest BCUT2D eigenvalue weighted by Crippen LogP contribution is 2.50. The summed E-state index contributed by atoms with van der Waals surface area (Å²) in [6.45, 7) is 0.831. The van der Waals surface area contributed by atoms with Crippen LogP contribution in [0.25, 0.3) is 0 Å². The lowest BCUT2D eigenvalue weighted by Gasteiger charge is -2.52. The molecular formula is C24H29ClN2O4. The molecule has 1 saturated heterocycles. The van der Waals surface area contributed by atoms with Crippen molar-refractivity contribution in [1.29, 1.82) is 0 Å². The Morgan fingerprint density at radius 1 is 1.23 bits per heavy atom. The van der Waals surface area contributed by atoms with Gasteiger partial charge in [-0.1, -0.05) is 30.5 Å². The maximum Gasteiger partial charge on any atom is 0.238 e. The first-order valence-corrected chi connectivity index (χ1v) is 11.2. The van der Waals surface area contributed by atoms with E-state index in [4.69, 9.17) is 16.3 Å². The molecule has 1 saturated carbocycles. The smallest absolute Gasteiger partial charge is 0.238 e. The molecule has 1 aliphatic heterocycles. The number of fused-ring (bicyclic) bond motifs is 1. The zero-order chi connectivity index (χ0) is 22.0. The van der Waals surface area contributed by atoms with Crippen molar-refractivity contribution in [3.63, 3.8) is 0 Å². The molecule has 4 rings (SSSR count). The van der Waals surface area contributed by atoms with Crippen molar-refractivity contribution in [2.24, 2.45) is 5.92 Å². The summed E-state index contributed by atoms with van der Waals surface area (Å²) in [7, 11) is 1.52. The first-order chi connectivity index (χ1) is 14.9. The van der Waals surface area contributed by atoms with Gasteiger partial charge in [-0.05, 0) is 61.2 Å². The van der Waals surface area contributed by atoms with E-state index in [0.29, 0.717) is 29.4 Å². The van der Waals surface area contributed by atoms with Crippen LogP contribution in [0, 0.1) is 5.92 Å². The fraction of sp³-hybridized carbons (Fsp3) is 0.458. The van der Waals surface area contributed by atoms with Gasteiger partial charge in [0, 0.05) is 29.2 Å². The fourth-order valence-corrected chi connectivity index (χ4v) is 5.29. The van der Waals surface area contributed by atoms with E-state index >= 15 is 0 Å². The van der Waals surface area contributed by atoms with Gasteiger partial charge in [0.1, 0.15) is 0 Å². The number of methoxy groups -OCH3 is 1. The van der Waals surface area contributed by atoms with Gasteiger partial charge in [0.05, 0.1) is 19.3 Å². The summed E-state index contributed by atoms with van der Waals surface area (Å²) in [6.07, 6.45) is 4.42. The maximum atomic E-state index is 12.8. The lowest BCUT2D eigenvalue weighted by Crippen LogP contribution is -2.56. The SMILES string of the molecule is COc1cc([C@@H]2[C@H]3CCCC[C@]3(O)CCN2CC(=O)Nc2ccc(Cl)cc2)ccc1O. The molecule has 6 nitrogen and oxygen atoms in total. The summed E-state index contributed by atoms with van der Waals surface area (Å²) in [4.78, 5) is 15.0. The molecule has 1 aliphatic carbocycles. The Morgan fingerprint density at radius 3 is 2.74 bits per heavy atom. The third kappa shape index (κ3) is 4.66. The van der Waals surface area contributed by atoms with E-state index in [-0.39, 0.29) is 30.2 Å². The van der Waals surface area contributed by atoms with Gasteiger partial charge in [0.2, 0.25) is 5.91 Å². The number of nitrogens with one attached hydrogen (secondary N) is 1. The van der Waals surface area contributed by atoms with Crippen molar-refractivity contribution in [2.75, 3.05) is 25.5 Å². The number of carbonyl (C=O) groups is 1. The molecule has 31 heavy (non-hydrogen) atoms. The molecule has 0 unspecified atom stereocenters. The lowest BCUT2D eigenvalue weighted by molar-refractivity contribution is -0.135. The number of piperidine rings is 1. The predicted octanol–water partition coefficient (Wildman–Crippen LogP) is 4.36. The van der Waals surface area contributed by atoms with Crippen molar-refractivity contribution in [3.8, 4) is 11.5 Å². The number of benzene rings is 2. The van der Waals surface area contributed by atoms with Gasteiger partial charge >= 0.3 is 0 Å². The number of rotatable bonds is 5. The number of likely N-dealkylation sites (tertiary alicyclic amines) is 1. The van der Waals surface area contributed by atoms with E-state index < -0.39 is 5.60 Å². The second-order valence-corrected chi connectivity index (χ2v) is 9.04. The first kappa shape index (κ1) is 21.9. The zero-order valence-corrected chi connectivity index (χ0v) is 18.4. The largest absolute Gasteiger partial charge is 0.504 e. The van der Waals surface area contributed by atoms with Crippen LogP contribution < -0.4 is 10.1 Å². The Hall–Kier alpha value is -2.28. The summed E-state index contributed by atoms with van der Waals surface area (Å²) in [5.41, 5.74) is 0.916. The average molecular weight is 445 g/mol. The first-order valence-electron chi connectivity index (χ1n) is 10.8. The van der Waals surface area contributed by atoms with Crippen LogP contribution in [0.2, 0.25) is 5.02 Å². The minimum Gasteiger partial charge on any atom is -0.504 e. The van der Waals surface area contributed by atoms with Crippen molar-refractivity contribution in [1.82, 2.24) is 4.90 Å². The number of aliphatic hydroxyl groups is 1. The Labute approximate surface area is 187 Å². The molecule has 166 valence electrons. The summed E-state index contributed by atoms with van der Waals surface area (Å²) in [5, 5.41) is 25.0. The van der Waals surface area contributed by atoms with Crippen molar-refractivity contribution in [3.05, 3.63) is 53.1 Å². The molecule has 3 atom stereocenters. The number of aromatic hydroxyl groups is 1. The molecule has 2 aromatic rings. The highest BCUT2D eigenvalue weighted by atomic mass is 35.5. The van der Waals surface area contributed by atoms with Gasteiger partial charge in [-0.15, -0.1) is 0 Å². The minimum absolute atomic E-state index is 0.0209. The molecule has 0 bridgehead atoms. The Kier molecular flexibility index (Phi) is 6.42. The molecule has 2 fully saturated rings. The normalized spacial score (nSPS) is 26.2. The van der Waals surface area contributed by atoms with E-state index in [0.717, 1.165) is 31.2 Å². The average Bonchev–Trinajstić information content (AvgIpc) is 2.76. The summed E-state index contributed by atoms with van der Waals surface area (Å²) >= 11 is 5.93. The molecular weight excluding hydrogens is 416 g/mol. The van der Waals surface area contributed by atoms with E-state index in [2.05, 4.69) is 10.2 Å².